The second kappa shape index (κ2) is 4.62. The maximum atomic E-state index is 12.5. The van der Waals surface area contributed by atoms with E-state index in [4.69, 9.17) is 5.11 Å². The van der Waals surface area contributed by atoms with Gasteiger partial charge in [0, 0.05) is 12.3 Å². The van der Waals surface area contributed by atoms with Crippen molar-refractivity contribution in [1.82, 2.24) is 15.2 Å². The van der Waals surface area contributed by atoms with Gasteiger partial charge < -0.3 is 10.4 Å². The van der Waals surface area contributed by atoms with E-state index in [1.54, 1.807) is 0 Å². The van der Waals surface area contributed by atoms with Crippen LogP contribution in [0, 0.1) is 5.95 Å². The zero-order chi connectivity index (χ0) is 13.1. The highest BCUT2D eigenvalue weighted by atomic mass is 19.1. The van der Waals surface area contributed by atoms with Crippen molar-refractivity contribution in [2.45, 2.75) is 0 Å². The summed E-state index contributed by atoms with van der Waals surface area (Å²) in [6.07, 6.45) is 1.06. The molecule has 2 aromatic rings. The number of aromatic carboxylic acids is 1. The molecule has 0 spiro atoms. The number of nitrogens with one attached hydrogen (secondary N) is 2. The summed E-state index contributed by atoms with van der Waals surface area (Å²) in [5.41, 5.74) is -0.0150. The van der Waals surface area contributed by atoms with Gasteiger partial charge in [0.05, 0.1) is 5.56 Å². The maximum Gasteiger partial charge on any atom is 0.353 e. The quantitative estimate of drug-likeness (QED) is 0.701. The number of halogens is 1. The fourth-order valence-corrected chi connectivity index (χ4v) is 1.19. The van der Waals surface area contributed by atoms with Crippen LogP contribution in [0.15, 0.2) is 24.4 Å². The largest absolute Gasteiger partial charge is 0.477 e. The van der Waals surface area contributed by atoms with Crippen molar-refractivity contribution in [2.75, 3.05) is 5.32 Å². The average Bonchev–Trinajstić information content (AvgIpc) is 2.78. The highest BCUT2D eigenvalue weighted by molar-refractivity contribution is 6.03. The Morgan fingerprint density at radius 3 is 2.72 bits per heavy atom. The number of amides is 1. The molecule has 0 aromatic carbocycles. The van der Waals surface area contributed by atoms with Crippen molar-refractivity contribution in [1.29, 1.82) is 0 Å². The van der Waals surface area contributed by atoms with Crippen molar-refractivity contribution in [3.05, 3.63) is 41.6 Å². The lowest BCUT2D eigenvalue weighted by atomic mass is 10.2. The number of rotatable bonds is 3. The summed E-state index contributed by atoms with van der Waals surface area (Å²) < 4.78 is 12.5. The first kappa shape index (κ1) is 11.7. The predicted octanol–water partition coefficient (Wildman–Crippen LogP) is 0.894. The van der Waals surface area contributed by atoms with Crippen LogP contribution < -0.4 is 5.32 Å². The Morgan fingerprint density at radius 2 is 2.17 bits per heavy atom. The molecular weight excluding hydrogens is 243 g/mol. The maximum absolute atomic E-state index is 12.5. The molecule has 7 nitrogen and oxygen atoms in total. The lowest BCUT2D eigenvalue weighted by Crippen LogP contribution is -2.12. The Labute approximate surface area is 99.7 Å². The molecule has 92 valence electrons. The van der Waals surface area contributed by atoms with Crippen LogP contribution in [0.4, 0.5) is 10.2 Å². The Morgan fingerprint density at radius 1 is 1.39 bits per heavy atom. The van der Waals surface area contributed by atoms with E-state index in [9.17, 15) is 14.0 Å². The summed E-state index contributed by atoms with van der Waals surface area (Å²) in [7, 11) is 0. The van der Waals surface area contributed by atoms with Gasteiger partial charge in [0.25, 0.3) is 5.91 Å². The number of carbonyl (C=O) groups excluding carboxylic acids is 1. The van der Waals surface area contributed by atoms with Crippen molar-refractivity contribution in [3.8, 4) is 0 Å². The fraction of sp³-hybridized carbons (Fsp3) is 0. The van der Waals surface area contributed by atoms with E-state index in [2.05, 4.69) is 20.5 Å². The molecule has 0 fully saturated rings. The lowest BCUT2D eigenvalue weighted by molar-refractivity contribution is 0.0690. The van der Waals surface area contributed by atoms with Crippen molar-refractivity contribution >= 4 is 17.7 Å². The Kier molecular flexibility index (Phi) is 3.00. The van der Waals surface area contributed by atoms with Crippen LogP contribution in [-0.2, 0) is 0 Å². The molecule has 0 aliphatic heterocycles. The first-order valence-electron chi connectivity index (χ1n) is 4.78. The number of anilines is 1. The smallest absolute Gasteiger partial charge is 0.353 e. The van der Waals surface area contributed by atoms with Crippen LogP contribution in [0.1, 0.15) is 20.8 Å². The topological polar surface area (TPSA) is 108 Å². The van der Waals surface area contributed by atoms with Gasteiger partial charge in [0.1, 0.15) is 5.69 Å². The van der Waals surface area contributed by atoms with E-state index in [-0.39, 0.29) is 17.1 Å². The van der Waals surface area contributed by atoms with Crippen molar-refractivity contribution in [3.63, 3.8) is 0 Å². The first-order chi connectivity index (χ1) is 8.56. The van der Waals surface area contributed by atoms with E-state index in [1.807, 2.05) is 0 Å². The summed E-state index contributed by atoms with van der Waals surface area (Å²) in [4.78, 5) is 25.5. The molecule has 8 heteroatoms. The molecule has 3 N–H and O–H groups in total. The molecule has 1 amide bonds. The molecule has 0 saturated heterocycles. The Hall–Kier alpha value is -2.77. The van der Waals surface area contributed by atoms with Crippen LogP contribution in [0.5, 0.6) is 0 Å². The second-order valence-electron chi connectivity index (χ2n) is 3.30. The molecule has 0 radical (unpaired) electrons. The third kappa shape index (κ3) is 2.48. The van der Waals surface area contributed by atoms with E-state index in [1.165, 1.54) is 6.07 Å². The Balaban J connectivity index is 2.11. The van der Waals surface area contributed by atoms with Gasteiger partial charge in [-0.05, 0) is 12.1 Å². The summed E-state index contributed by atoms with van der Waals surface area (Å²) in [6, 6.07) is 3.46. The number of aromatic amines is 1. The highest BCUT2D eigenvalue weighted by Gasteiger charge is 2.11. The summed E-state index contributed by atoms with van der Waals surface area (Å²) in [5, 5.41) is 16.8. The number of hydrogen-bond acceptors (Lipinski definition) is 4. The molecule has 2 aromatic heterocycles. The van der Waals surface area contributed by atoms with Gasteiger partial charge in [-0.2, -0.15) is 9.49 Å². The van der Waals surface area contributed by atoms with Crippen LogP contribution in [0.25, 0.3) is 0 Å². The normalized spacial score (nSPS) is 10.1. The molecule has 0 aliphatic rings. The molecule has 0 bridgehead atoms. The van der Waals surface area contributed by atoms with Crippen LogP contribution in [-0.4, -0.2) is 32.2 Å². The molecule has 0 atom stereocenters. The van der Waals surface area contributed by atoms with Gasteiger partial charge in [-0.3, -0.25) is 9.89 Å². The Bertz CT molecular complexity index is 593. The predicted molar refractivity (Wildman–Crippen MR) is 57.7 cm³/mol. The van der Waals surface area contributed by atoms with Crippen LogP contribution in [0.3, 0.4) is 0 Å². The van der Waals surface area contributed by atoms with Gasteiger partial charge >= 0.3 is 5.97 Å². The van der Waals surface area contributed by atoms with E-state index in [0.29, 0.717) is 0 Å². The van der Waals surface area contributed by atoms with Crippen molar-refractivity contribution < 1.29 is 19.1 Å². The fourth-order valence-electron chi connectivity index (χ4n) is 1.19. The van der Waals surface area contributed by atoms with Gasteiger partial charge in [-0.25, -0.2) is 9.78 Å². The minimum Gasteiger partial charge on any atom is -0.477 e. The number of carbonyl (C=O) groups is 2. The molecule has 0 aliphatic carbocycles. The third-order valence-corrected chi connectivity index (χ3v) is 2.04. The molecule has 0 unspecified atom stereocenters. The monoisotopic (exact) mass is 250 g/mol. The average molecular weight is 250 g/mol. The molecule has 2 heterocycles. The molecule has 18 heavy (non-hydrogen) atoms. The SMILES string of the molecule is O=C(Nc1cc(C(=O)O)[nH]n1)c1ccc(F)nc1. The number of carboxylic acids is 1. The third-order valence-electron chi connectivity index (χ3n) is 2.04. The molecule has 0 saturated carbocycles. The second-order valence-corrected chi connectivity index (χ2v) is 3.30. The number of H-pyrrole nitrogens is 1. The highest BCUT2D eigenvalue weighted by Crippen LogP contribution is 2.08. The van der Waals surface area contributed by atoms with Gasteiger partial charge in [0.2, 0.25) is 5.95 Å². The lowest BCUT2D eigenvalue weighted by Gasteiger charge is -2.00. The zero-order valence-corrected chi connectivity index (χ0v) is 8.85. The van der Waals surface area contributed by atoms with Gasteiger partial charge in [-0.1, -0.05) is 0 Å². The van der Waals surface area contributed by atoms with Crippen LogP contribution >= 0.6 is 0 Å². The van der Waals surface area contributed by atoms with E-state index < -0.39 is 17.8 Å². The number of pyridine rings is 1. The number of hydrogen-bond donors (Lipinski definition) is 3. The minimum atomic E-state index is -1.19. The number of aromatic nitrogens is 3. The van der Waals surface area contributed by atoms with Crippen LogP contribution in [0.2, 0.25) is 0 Å². The number of carboxylic acid groups (broad SMARTS) is 1. The van der Waals surface area contributed by atoms with E-state index >= 15 is 0 Å². The minimum absolute atomic E-state index is 0.0572. The zero-order valence-electron chi connectivity index (χ0n) is 8.85. The standard InChI is InChI=1S/C10H7FN4O3/c11-7-2-1-5(4-12-7)9(16)13-8-3-6(10(17)18)14-15-8/h1-4H,(H,17,18)(H2,13,14,15,16). The summed E-state index contributed by atoms with van der Waals surface area (Å²) >= 11 is 0. The van der Waals surface area contributed by atoms with Gasteiger partial charge in [0.15, 0.2) is 5.82 Å². The summed E-state index contributed by atoms with van der Waals surface area (Å²) in [5.74, 6) is -2.39. The van der Waals surface area contributed by atoms with E-state index in [0.717, 1.165) is 18.3 Å². The number of nitrogens with zero attached hydrogens (tertiary/aromatic N) is 2. The van der Waals surface area contributed by atoms with Gasteiger partial charge in [-0.15, -0.1) is 0 Å². The molecular formula is C10H7FN4O3. The molecule has 2 rings (SSSR count). The van der Waals surface area contributed by atoms with Crippen molar-refractivity contribution in [2.24, 2.45) is 0 Å². The summed E-state index contributed by atoms with van der Waals surface area (Å²) in [6.45, 7) is 0. The first-order valence-corrected chi connectivity index (χ1v) is 4.78.